The molecule has 2 aliphatic rings. The topological polar surface area (TPSA) is 49.4 Å². The number of nitrogens with one attached hydrogen (secondary N) is 1. The van der Waals surface area contributed by atoms with E-state index in [0.29, 0.717) is 12.2 Å². The summed E-state index contributed by atoms with van der Waals surface area (Å²) in [5.41, 5.74) is 1.08. The van der Waals surface area contributed by atoms with Crippen molar-refractivity contribution in [3.05, 3.63) is 102 Å². The van der Waals surface area contributed by atoms with Crippen LogP contribution in [0.2, 0.25) is 0 Å². The molecule has 0 bridgehead atoms. The molecule has 2 aliphatic heterocycles. The second-order valence-electron chi connectivity index (χ2n) is 7.49. The Labute approximate surface area is 168 Å². The van der Waals surface area contributed by atoms with E-state index in [1.807, 2.05) is 48.5 Å². The molecule has 29 heavy (non-hydrogen) atoms. The lowest BCUT2D eigenvalue weighted by Gasteiger charge is -2.33. The van der Waals surface area contributed by atoms with Crippen molar-refractivity contribution in [2.75, 3.05) is 11.4 Å². The van der Waals surface area contributed by atoms with Gasteiger partial charge in [-0.25, -0.2) is 9.29 Å². The molecule has 5 heteroatoms. The van der Waals surface area contributed by atoms with Gasteiger partial charge in [-0.2, -0.15) is 0 Å². The van der Waals surface area contributed by atoms with Gasteiger partial charge in [0.15, 0.2) is 0 Å². The zero-order chi connectivity index (χ0) is 20.0. The molecule has 3 aromatic carbocycles. The number of carbonyl (C=O) groups excluding carboxylic acids is 2. The molecular formula is C24H19FN2O2. The van der Waals surface area contributed by atoms with Crippen LogP contribution in [0.1, 0.15) is 17.2 Å². The maximum atomic E-state index is 14.0. The molecule has 5 rings (SSSR count). The molecule has 0 saturated carbocycles. The number of carbonyl (C=O) groups is 2. The second-order valence-corrected chi connectivity index (χ2v) is 7.49. The summed E-state index contributed by atoms with van der Waals surface area (Å²) in [6.45, 7) is 0.380. The summed E-state index contributed by atoms with van der Waals surface area (Å²) in [4.78, 5) is 28.7. The predicted molar refractivity (Wildman–Crippen MR) is 108 cm³/mol. The van der Waals surface area contributed by atoms with Crippen LogP contribution in [0, 0.1) is 11.7 Å². The number of imide groups is 1. The highest BCUT2D eigenvalue weighted by Gasteiger charge is 2.67. The Hall–Kier alpha value is -3.31. The monoisotopic (exact) mass is 386 g/mol. The summed E-state index contributed by atoms with van der Waals surface area (Å²) in [7, 11) is 0. The number of para-hydroxylation sites is 1. The highest BCUT2D eigenvalue weighted by atomic mass is 19.1. The Morgan fingerprint density at radius 3 is 2.14 bits per heavy atom. The van der Waals surface area contributed by atoms with Crippen molar-refractivity contribution in [2.45, 2.75) is 11.5 Å². The van der Waals surface area contributed by atoms with E-state index < -0.39 is 17.4 Å². The zero-order valence-corrected chi connectivity index (χ0v) is 15.6. The van der Waals surface area contributed by atoms with E-state index in [4.69, 9.17) is 0 Å². The summed E-state index contributed by atoms with van der Waals surface area (Å²) >= 11 is 0. The fourth-order valence-corrected chi connectivity index (χ4v) is 4.82. The molecule has 0 spiro atoms. The Morgan fingerprint density at radius 2 is 1.48 bits per heavy atom. The number of halogens is 1. The first-order chi connectivity index (χ1) is 14.1. The Bertz CT molecular complexity index is 1070. The lowest BCUT2D eigenvalue weighted by molar-refractivity contribution is -0.123. The molecule has 0 aliphatic carbocycles. The van der Waals surface area contributed by atoms with Gasteiger partial charge < -0.3 is 5.32 Å². The summed E-state index contributed by atoms with van der Waals surface area (Å²) < 4.78 is 13.5. The Kier molecular flexibility index (Phi) is 4.07. The maximum Gasteiger partial charge on any atom is 0.247 e. The molecule has 0 radical (unpaired) electrons. The van der Waals surface area contributed by atoms with Crippen LogP contribution in [0.25, 0.3) is 0 Å². The summed E-state index contributed by atoms with van der Waals surface area (Å²) in [6, 6.07) is 24.2. The lowest BCUT2D eigenvalue weighted by atomic mass is 9.67. The van der Waals surface area contributed by atoms with Crippen LogP contribution in [0.15, 0.2) is 84.9 Å². The molecule has 4 nitrogen and oxygen atoms in total. The molecule has 144 valence electrons. The standard InChI is InChI=1S/C24H19FN2O2/c25-18-13-11-16(12-14-18)21-24(17-7-3-1-4-8-17)20(15-26-21)22(28)27(23(24)29)19-9-5-2-6-10-19/h1-14,20-21,26H,15H2/t20-,21+,24+/m0/s1. The number of amides is 2. The first-order valence-electron chi connectivity index (χ1n) is 9.62. The number of hydrogen-bond acceptors (Lipinski definition) is 3. The van der Waals surface area contributed by atoms with Crippen molar-refractivity contribution < 1.29 is 14.0 Å². The van der Waals surface area contributed by atoms with E-state index >= 15 is 0 Å². The predicted octanol–water partition coefficient (Wildman–Crippen LogP) is 3.60. The van der Waals surface area contributed by atoms with Crippen molar-refractivity contribution in [2.24, 2.45) is 5.92 Å². The smallest absolute Gasteiger partial charge is 0.247 e. The third-order valence-electron chi connectivity index (χ3n) is 6.08. The first kappa shape index (κ1) is 17.8. The molecule has 2 saturated heterocycles. The van der Waals surface area contributed by atoms with Gasteiger partial charge in [-0.3, -0.25) is 9.59 Å². The van der Waals surface area contributed by atoms with Gasteiger partial charge in [0.05, 0.1) is 17.6 Å². The fourth-order valence-electron chi connectivity index (χ4n) is 4.82. The Balaban J connectivity index is 1.72. The third kappa shape index (κ3) is 2.47. The summed E-state index contributed by atoms with van der Waals surface area (Å²) in [6.07, 6.45) is 0. The van der Waals surface area contributed by atoms with Crippen molar-refractivity contribution >= 4 is 17.5 Å². The van der Waals surface area contributed by atoms with Crippen molar-refractivity contribution in [3.8, 4) is 0 Å². The van der Waals surface area contributed by atoms with Crippen LogP contribution >= 0.6 is 0 Å². The minimum absolute atomic E-state index is 0.206. The summed E-state index contributed by atoms with van der Waals surface area (Å²) in [5, 5.41) is 3.38. The van der Waals surface area contributed by atoms with Gasteiger partial charge >= 0.3 is 0 Å². The Morgan fingerprint density at radius 1 is 0.862 bits per heavy atom. The van der Waals surface area contributed by atoms with Crippen LogP contribution in [0.3, 0.4) is 0 Å². The number of anilines is 1. The molecule has 3 aromatic rings. The van der Waals surface area contributed by atoms with Crippen LogP contribution in [0.5, 0.6) is 0 Å². The SMILES string of the molecule is O=C1[C@@H]2CN[C@H](c3ccc(F)cc3)[C@]2(c2ccccc2)C(=O)N1c1ccccc1. The van der Waals surface area contributed by atoms with Crippen LogP contribution in [-0.4, -0.2) is 18.4 Å². The van der Waals surface area contributed by atoms with Crippen molar-refractivity contribution in [1.29, 1.82) is 0 Å². The zero-order valence-electron chi connectivity index (χ0n) is 15.6. The van der Waals surface area contributed by atoms with Gasteiger partial charge in [0.25, 0.3) is 0 Å². The number of rotatable bonds is 3. The molecule has 2 heterocycles. The first-order valence-corrected chi connectivity index (χ1v) is 9.62. The molecule has 3 atom stereocenters. The van der Waals surface area contributed by atoms with Crippen molar-refractivity contribution in [1.82, 2.24) is 5.32 Å². The second kappa shape index (κ2) is 6.64. The molecular weight excluding hydrogens is 367 g/mol. The van der Waals surface area contributed by atoms with Crippen LogP contribution < -0.4 is 10.2 Å². The lowest BCUT2D eigenvalue weighted by Crippen LogP contribution is -2.45. The number of nitrogens with zero attached hydrogens (tertiary/aromatic N) is 1. The van der Waals surface area contributed by atoms with Gasteiger partial charge in [0.1, 0.15) is 11.2 Å². The molecule has 1 N–H and O–H groups in total. The molecule has 0 unspecified atom stereocenters. The highest BCUT2D eigenvalue weighted by Crippen LogP contribution is 2.53. The third-order valence-corrected chi connectivity index (χ3v) is 6.08. The fraction of sp³-hybridized carbons (Fsp3) is 0.167. The van der Waals surface area contributed by atoms with Crippen molar-refractivity contribution in [3.63, 3.8) is 0 Å². The minimum atomic E-state index is -1.08. The largest absolute Gasteiger partial charge is 0.308 e. The number of hydrogen-bond donors (Lipinski definition) is 1. The average Bonchev–Trinajstić information content (AvgIpc) is 3.26. The normalized spacial score (nSPS) is 26.0. The highest BCUT2D eigenvalue weighted by molar-refractivity contribution is 6.26. The molecule has 2 amide bonds. The van der Waals surface area contributed by atoms with Gasteiger partial charge in [0, 0.05) is 6.54 Å². The van der Waals surface area contributed by atoms with E-state index in [1.165, 1.54) is 17.0 Å². The van der Waals surface area contributed by atoms with E-state index in [9.17, 15) is 14.0 Å². The quantitative estimate of drug-likeness (QED) is 0.700. The molecule has 2 fully saturated rings. The van der Waals surface area contributed by atoms with E-state index in [1.54, 1.807) is 24.3 Å². The van der Waals surface area contributed by atoms with Gasteiger partial charge in [-0.1, -0.05) is 60.7 Å². The van der Waals surface area contributed by atoms with Crippen LogP contribution in [0.4, 0.5) is 10.1 Å². The van der Waals surface area contributed by atoms with Gasteiger partial charge in [-0.05, 0) is 35.4 Å². The van der Waals surface area contributed by atoms with Gasteiger partial charge in [-0.15, -0.1) is 0 Å². The summed E-state index contributed by atoms with van der Waals surface area (Å²) in [5.74, 6) is -1.32. The average molecular weight is 386 g/mol. The van der Waals surface area contributed by atoms with Crippen LogP contribution in [-0.2, 0) is 15.0 Å². The maximum absolute atomic E-state index is 14.0. The van der Waals surface area contributed by atoms with E-state index in [0.717, 1.165) is 11.1 Å². The van der Waals surface area contributed by atoms with Gasteiger partial charge in [0.2, 0.25) is 11.8 Å². The van der Waals surface area contributed by atoms with E-state index in [2.05, 4.69) is 5.32 Å². The number of fused-ring (bicyclic) bond motifs is 1. The van der Waals surface area contributed by atoms with E-state index in [-0.39, 0.29) is 17.6 Å². The molecule has 0 aromatic heterocycles. The minimum Gasteiger partial charge on any atom is -0.308 e. The number of benzene rings is 3.